The lowest BCUT2D eigenvalue weighted by Crippen LogP contribution is -2.31. The Kier molecular flexibility index (Phi) is 6.50. The van der Waals surface area contributed by atoms with Crippen LogP contribution in [0.5, 0.6) is 0 Å². The minimum Gasteiger partial charge on any atom is -0.324 e. The SMILES string of the molecule is C=Cc1cnc(Nc2ccc(C3CCC(C#N)CC3)cc2)nc1Nc1cccc(C2(C)CCC2)n1. The third kappa shape index (κ3) is 5.05. The Morgan fingerprint density at radius 3 is 2.46 bits per heavy atom. The Morgan fingerprint density at radius 2 is 1.80 bits per heavy atom. The fourth-order valence-corrected chi connectivity index (χ4v) is 5.15. The third-order valence-corrected chi connectivity index (χ3v) is 7.66. The molecule has 2 N–H and O–H groups in total. The number of anilines is 4. The number of rotatable bonds is 7. The second-order valence-corrected chi connectivity index (χ2v) is 10.1. The predicted molar refractivity (Wildman–Crippen MR) is 141 cm³/mol. The van der Waals surface area contributed by atoms with Crippen molar-refractivity contribution >= 4 is 29.3 Å². The minimum absolute atomic E-state index is 0.179. The maximum absolute atomic E-state index is 9.13. The van der Waals surface area contributed by atoms with Crippen LogP contribution in [0, 0.1) is 17.2 Å². The first-order valence-corrected chi connectivity index (χ1v) is 12.6. The molecule has 3 aromatic rings. The molecule has 5 rings (SSSR count). The van der Waals surface area contributed by atoms with E-state index in [0.717, 1.165) is 48.4 Å². The van der Waals surface area contributed by atoms with E-state index in [1.807, 2.05) is 6.07 Å². The van der Waals surface area contributed by atoms with Crippen molar-refractivity contribution in [2.75, 3.05) is 10.6 Å². The van der Waals surface area contributed by atoms with Crippen LogP contribution in [-0.4, -0.2) is 15.0 Å². The molecule has 2 aliphatic rings. The van der Waals surface area contributed by atoms with Crippen LogP contribution in [-0.2, 0) is 5.41 Å². The van der Waals surface area contributed by atoms with Crippen molar-refractivity contribution in [3.05, 3.63) is 72.1 Å². The molecule has 1 aromatic carbocycles. The molecule has 2 heterocycles. The maximum atomic E-state index is 9.13. The Hall–Kier alpha value is -3.72. The van der Waals surface area contributed by atoms with Gasteiger partial charge in [-0.2, -0.15) is 10.2 Å². The molecular formula is C29H32N6. The van der Waals surface area contributed by atoms with Gasteiger partial charge in [-0.1, -0.05) is 44.2 Å². The number of aromatic nitrogens is 3. The highest BCUT2D eigenvalue weighted by Gasteiger charge is 2.35. The molecule has 0 aliphatic heterocycles. The van der Waals surface area contributed by atoms with Gasteiger partial charge in [0.1, 0.15) is 11.6 Å². The molecule has 0 saturated heterocycles. The van der Waals surface area contributed by atoms with Crippen LogP contribution in [0.15, 0.2) is 55.2 Å². The molecule has 2 fully saturated rings. The largest absolute Gasteiger partial charge is 0.324 e. The number of nitrogens with zero attached hydrogens (tertiary/aromatic N) is 4. The summed E-state index contributed by atoms with van der Waals surface area (Å²) in [4.78, 5) is 14.1. The van der Waals surface area contributed by atoms with E-state index in [1.54, 1.807) is 12.3 Å². The van der Waals surface area contributed by atoms with Gasteiger partial charge in [0, 0.05) is 34.5 Å². The van der Waals surface area contributed by atoms with Crippen molar-refractivity contribution in [1.29, 1.82) is 5.26 Å². The summed E-state index contributed by atoms with van der Waals surface area (Å²) in [5, 5.41) is 15.8. The minimum atomic E-state index is 0.179. The van der Waals surface area contributed by atoms with E-state index in [9.17, 15) is 0 Å². The van der Waals surface area contributed by atoms with Crippen molar-refractivity contribution < 1.29 is 0 Å². The molecule has 178 valence electrons. The molecular weight excluding hydrogens is 432 g/mol. The number of nitrogens with one attached hydrogen (secondary N) is 2. The normalized spacial score (nSPS) is 20.8. The van der Waals surface area contributed by atoms with Crippen molar-refractivity contribution in [3.63, 3.8) is 0 Å². The fourth-order valence-electron chi connectivity index (χ4n) is 5.15. The van der Waals surface area contributed by atoms with Gasteiger partial charge in [-0.05, 0) is 74.3 Å². The van der Waals surface area contributed by atoms with Gasteiger partial charge < -0.3 is 10.6 Å². The summed E-state index contributed by atoms with van der Waals surface area (Å²) in [5.41, 5.74) is 4.40. The van der Waals surface area contributed by atoms with Crippen LogP contribution in [0.25, 0.3) is 6.08 Å². The number of benzene rings is 1. The summed E-state index contributed by atoms with van der Waals surface area (Å²) in [6.45, 7) is 6.20. The standard InChI is InChI=1S/C29H32N6/c1-3-21-19-31-28(32-24-14-12-23(13-15-24)22-10-8-20(18-30)9-11-22)35-27(21)34-26-7-4-6-25(33-26)29(2)16-5-17-29/h3-4,6-7,12-15,19-20,22H,1,5,8-11,16-17H2,2H3,(H2,31,32,33,34,35). The molecule has 2 aromatic heterocycles. The van der Waals surface area contributed by atoms with Crippen molar-refractivity contribution in [3.8, 4) is 6.07 Å². The number of hydrogen-bond donors (Lipinski definition) is 2. The molecule has 6 nitrogen and oxygen atoms in total. The highest BCUT2D eigenvalue weighted by molar-refractivity contribution is 5.68. The molecule has 0 bridgehead atoms. The molecule has 2 aliphatic carbocycles. The van der Waals surface area contributed by atoms with Crippen molar-refractivity contribution in [1.82, 2.24) is 15.0 Å². The Balaban J connectivity index is 1.29. The van der Waals surface area contributed by atoms with Gasteiger partial charge in [0.2, 0.25) is 5.95 Å². The zero-order valence-electron chi connectivity index (χ0n) is 20.3. The molecule has 2 saturated carbocycles. The van der Waals surface area contributed by atoms with E-state index >= 15 is 0 Å². The molecule has 0 radical (unpaired) electrons. The molecule has 0 spiro atoms. The quantitative estimate of drug-likeness (QED) is 0.383. The number of pyridine rings is 1. The van der Waals surface area contributed by atoms with Crippen LogP contribution in [0.4, 0.5) is 23.3 Å². The molecule has 0 amide bonds. The first-order valence-electron chi connectivity index (χ1n) is 12.6. The van der Waals surface area contributed by atoms with Crippen LogP contribution in [0.1, 0.15) is 74.6 Å². The average Bonchev–Trinajstić information content (AvgIpc) is 2.88. The zero-order chi connectivity index (χ0) is 24.3. The highest BCUT2D eigenvalue weighted by atomic mass is 15.2. The Morgan fingerprint density at radius 1 is 1.03 bits per heavy atom. The summed E-state index contributed by atoms with van der Waals surface area (Å²) < 4.78 is 0. The lowest BCUT2D eigenvalue weighted by Gasteiger charge is -2.37. The summed E-state index contributed by atoms with van der Waals surface area (Å²) in [6.07, 6.45) is 11.3. The number of nitriles is 1. The van der Waals surface area contributed by atoms with Gasteiger partial charge in [-0.15, -0.1) is 0 Å². The lowest BCUT2D eigenvalue weighted by atomic mass is 9.68. The predicted octanol–water partition coefficient (Wildman–Crippen LogP) is 7.24. The average molecular weight is 465 g/mol. The summed E-state index contributed by atoms with van der Waals surface area (Å²) in [5.74, 6) is 2.73. The van der Waals surface area contributed by atoms with Crippen molar-refractivity contribution in [2.45, 2.75) is 63.2 Å². The van der Waals surface area contributed by atoms with Crippen LogP contribution < -0.4 is 10.6 Å². The summed E-state index contributed by atoms with van der Waals surface area (Å²) in [6, 6.07) is 17.1. The van der Waals surface area contributed by atoms with E-state index in [0.29, 0.717) is 17.7 Å². The van der Waals surface area contributed by atoms with Gasteiger partial charge in [-0.25, -0.2) is 9.97 Å². The van der Waals surface area contributed by atoms with E-state index < -0.39 is 0 Å². The van der Waals surface area contributed by atoms with Crippen molar-refractivity contribution in [2.24, 2.45) is 5.92 Å². The first kappa shape index (κ1) is 23.0. The second-order valence-electron chi connectivity index (χ2n) is 10.1. The monoisotopic (exact) mass is 464 g/mol. The first-order chi connectivity index (χ1) is 17.1. The van der Waals surface area contributed by atoms with E-state index in [-0.39, 0.29) is 11.3 Å². The maximum Gasteiger partial charge on any atom is 0.229 e. The van der Waals surface area contributed by atoms with E-state index in [1.165, 1.54) is 24.8 Å². The summed E-state index contributed by atoms with van der Waals surface area (Å²) >= 11 is 0. The van der Waals surface area contributed by atoms with Gasteiger partial charge in [0.15, 0.2) is 0 Å². The second kappa shape index (κ2) is 9.87. The van der Waals surface area contributed by atoms with Crippen LogP contribution in [0.2, 0.25) is 0 Å². The summed E-state index contributed by atoms with van der Waals surface area (Å²) in [7, 11) is 0. The smallest absolute Gasteiger partial charge is 0.229 e. The topological polar surface area (TPSA) is 86.5 Å². The van der Waals surface area contributed by atoms with E-state index in [4.69, 9.17) is 15.2 Å². The number of hydrogen-bond acceptors (Lipinski definition) is 6. The van der Waals surface area contributed by atoms with Gasteiger partial charge in [-0.3, -0.25) is 0 Å². The van der Waals surface area contributed by atoms with Gasteiger partial charge >= 0.3 is 0 Å². The molecule has 0 unspecified atom stereocenters. The Bertz CT molecular complexity index is 1230. The zero-order valence-corrected chi connectivity index (χ0v) is 20.3. The van der Waals surface area contributed by atoms with Crippen LogP contribution in [0.3, 0.4) is 0 Å². The molecule has 35 heavy (non-hydrogen) atoms. The van der Waals surface area contributed by atoms with Crippen LogP contribution >= 0.6 is 0 Å². The van der Waals surface area contributed by atoms with E-state index in [2.05, 4.69) is 71.6 Å². The third-order valence-electron chi connectivity index (χ3n) is 7.66. The lowest BCUT2D eigenvalue weighted by molar-refractivity contribution is 0.265. The van der Waals surface area contributed by atoms with Gasteiger partial charge in [0.25, 0.3) is 0 Å². The molecule has 0 atom stereocenters. The fraction of sp³-hybridized carbons (Fsp3) is 0.379. The highest BCUT2D eigenvalue weighted by Crippen LogP contribution is 2.42. The molecule has 6 heteroatoms. The Labute approximate surface area is 207 Å². The van der Waals surface area contributed by atoms with Gasteiger partial charge in [0.05, 0.1) is 6.07 Å².